The van der Waals surface area contributed by atoms with Gasteiger partial charge in [-0.3, -0.25) is 14.0 Å². The molecule has 0 saturated carbocycles. The Bertz CT molecular complexity index is 604. The normalized spacial score (nSPS) is 10.2. The van der Waals surface area contributed by atoms with Gasteiger partial charge in [0.2, 0.25) is 0 Å². The van der Waals surface area contributed by atoms with Gasteiger partial charge in [0, 0.05) is 29.8 Å². The lowest BCUT2D eigenvalue weighted by atomic mass is 10.4. The van der Waals surface area contributed by atoms with Gasteiger partial charge in [-0.2, -0.15) is 0 Å². The lowest BCUT2D eigenvalue weighted by Gasteiger charge is -2.00. The number of thioether (sulfide) groups is 1. The van der Waals surface area contributed by atoms with E-state index in [0.29, 0.717) is 22.9 Å². The maximum absolute atomic E-state index is 11.7. The molecule has 0 aromatic carbocycles. The second-order valence-electron chi connectivity index (χ2n) is 4.23. The highest BCUT2D eigenvalue weighted by Crippen LogP contribution is 2.12. The number of rotatable bonds is 5. The molecule has 20 heavy (non-hydrogen) atoms. The molecule has 2 aromatic rings. The molecule has 0 spiro atoms. The minimum atomic E-state index is -0.0614. The third-order valence-electron chi connectivity index (χ3n) is 2.26. The van der Waals surface area contributed by atoms with E-state index in [4.69, 9.17) is 0 Å². The van der Waals surface area contributed by atoms with Crippen LogP contribution in [0.25, 0.3) is 4.96 Å². The molecular formula is C14H20N2O2S2. The molecule has 0 atom stereocenters. The maximum atomic E-state index is 11.7. The molecule has 0 aliphatic carbocycles. The number of thiazole rings is 1. The fourth-order valence-corrected chi connectivity index (χ4v) is 2.96. The molecular weight excluding hydrogens is 292 g/mol. The van der Waals surface area contributed by atoms with Gasteiger partial charge in [0.05, 0.1) is 11.4 Å². The molecule has 2 rings (SSSR count). The monoisotopic (exact) mass is 312 g/mol. The summed E-state index contributed by atoms with van der Waals surface area (Å²) in [5.41, 5.74) is 0.681. The summed E-state index contributed by atoms with van der Waals surface area (Å²) in [6.07, 6.45) is 3.53. The average molecular weight is 312 g/mol. The first-order valence-corrected chi connectivity index (χ1v) is 8.71. The van der Waals surface area contributed by atoms with E-state index in [-0.39, 0.29) is 11.3 Å². The van der Waals surface area contributed by atoms with Crippen molar-refractivity contribution < 1.29 is 4.79 Å². The molecule has 4 nitrogen and oxygen atoms in total. The highest BCUT2D eigenvalue weighted by atomic mass is 32.2. The SMILES string of the molecule is CCC.CCC(=O)CSCc1cc(=O)n2ccsc2n1. The van der Waals surface area contributed by atoms with Crippen LogP contribution < -0.4 is 5.56 Å². The summed E-state index contributed by atoms with van der Waals surface area (Å²) in [6.45, 7) is 6.10. The van der Waals surface area contributed by atoms with Gasteiger partial charge in [-0.15, -0.1) is 23.1 Å². The van der Waals surface area contributed by atoms with E-state index in [2.05, 4.69) is 18.8 Å². The number of nitrogens with zero attached hydrogens (tertiary/aromatic N) is 2. The molecule has 0 aliphatic rings. The number of carbonyl (C=O) groups excluding carboxylic acids is 1. The Balaban J connectivity index is 0.000000612. The number of aromatic nitrogens is 2. The van der Waals surface area contributed by atoms with Crippen LogP contribution in [0.4, 0.5) is 0 Å². The Hall–Kier alpha value is -1.14. The van der Waals surface area contributed by atoms with E-state index in [0.717, 1.165) is 5.69 Å². The second kappa shape index (κ2) is 8.92. The van der Waals surface area contributed by atoms with Crippen molar-refractivity contribution in [2.45, 2.75) is 39.4 Å². The summed E-state index contributed by atoms with van der Waals surface area (Å²) in [6, 6.07) is 1.53. The van der Waals surface area contributed by atoms with Gasteiger partial charge in [-0.05, 0) is 0 Å². The van der Waals surface area contributed by atoms with E-state index in [9.17, 15) is 9.59 Å². The van der Waals surface area contributed by atoms with E-state index < -0.39 is 0 Å². The highest BCUT2D eigenvalue weighted by Gasteiger charge is 2.04. The fourth-order valence-electron chi connectivity index (χ4n) is 1.33. The van der Waals surface area contributed by atoms with Crippen molar-refractivity contribution in [3.63, 3.8) is 0 Å². The Morgan fingerprint density at radius 3 is 2.75 bits per heavy atom. The third-order valence-corrected chi connectivity index (χ3v) is 4.05. The smallest absolute Gasteiger partial charge is 0.258 e. The van der Waals surface area contributed by atoms with E-state index in [1.807, 2.05) is 12.3 Å². The zero-order valence-corrected chi connectivity index (χ0v) is 13.7. The van der Waals surface area contributed by atoms with Gasteiger partial charge in [0.1, 0.15) is 5.78 Å². The third kappa shape index (κ3) is 5.09. The number of fused-ring (bicyclic) bond motifs is 1. The molecule has 0 unspecified atom stereocenters. The lowest BCUT2D eigenvalue weighted by Crippen LogP contribution is -2.12. The maximum Gasteiger partial charge on any atom is 0.258 e. The van der Waals surface area contributed by atoms with Gasteiger partial charge in [0.25, 0.3) is 5.56 Å². The van der Waals surface area contributed by atoms with Crippen LogP contribution in [0.3, 0.4) is 0 Å². The summed E-state index contributed by atoms with van der Waals surface area (Å²) in [4.78, 5) is 27.9. The fraction of sp³-hybridized carbons (Fsp3) is 0.500. The van der Waals surface area contributed by atoms with Crippen molar-refractivity contribution in [2.75, 3.05) is 5.75 Å². The quantitative estimate of drug-likeness (QED) is 0.849. The number of carbonyl (C=O) groups is 1. The molecule has 0 saturated heterocycles. The molecule has 0 N–H and O–H groups in total. The molecule has 110 valence electrons. The Kier molecular flexibility index (Phi) is 7.54. The Labute approximate surface area is 127 Å². The summed E-state index contributed by atoms with van der Waals surface area (Å²) in [5, 5.41) is 1.83. The van der Waals surface area contributed by atoms with Gasteiger partial charge < -0.3 is 0 Å². The van der Waals surface area contributed by atoms with Crippen LogP contribution in [0.2, 0.25) is 0 Å². The number of hydrogen-bond acceptors (Lipinski definition) is 5. The topological polar surface area (TPSA) is 51.4 Å². The van der Waals surface area contributed by atoms with Gasteiger partial charge in [-0.1, -0.05) is 27.2 Å². The average Bonchev–Trinajstić information content (AvgIpc) is 2.88. The first kappa shape index (κ1) is 16.9. The Morgan fingerprint density at radius 2 is 2.10 bits per heavy atom. The van der Waals surface area contributed by atoms with E-state index in [1.54, 1.807) is 6.20 Å². The molecule has 0 amide bonds. The molecule has 0 fully saturated rings. The largest absolute Gasteiger partial charge is 0.299 e. The Morgan fingerprint density at radius 1 is 1.40 bits per heavy atom. The van der Waals surface area contributed by atoms with Crippen LogP contribution in [-0.2, 0) is 10.5 Å². The molecule has 2 aromatic heterocycles. The number of hydrogen-bond donors (Lipinski definition) is 0. The predicted octanol–water partition coefficient (Wildman–Crippen LogP) is 3.38. The summed E-state index contributed by atoms with van der Waals surface area (Å²) < 4.78 is 1.52. The lowest BCUT2D eigenvalue weighted by molar-refractivity contribution is -0.116. The van der Waals surface area contributed by atoms with Crippen molar-refractivity contribution >= 4 is 33.8 Å². The predicted molar refractivity (Wildman–Crippen MR) is 86.8 cm³/mol. The molecule has 0 bridgehead atoms. The minimum absolute atomic E-state index is 0.0614. The van der Waals surface area contributed by atoms with Gasteiger partial charge in [-0.25, -0.2) is 4.98 Å². The minimum Gasteiger partial charge on any atom is -0.299 e. The highest BCUT2D eigenvalue weighted by molar-refractivity contribution is 7.99. The van der Waals surface area contributed by atoms with Gasteiger partial charge in [0.15, 0.2) is 4.96 Å². The zero-order chi connectivity index (χ0) is 15.0. The van der Waals surface area contributed by atoms with Crippen LogP contribution in [0.5, 0.6) is 0 Å². The molecule has 0 aliphatic heterocycles. The van der Waals surface area contributed by atoms with Crippen molar-refractivity contribution in [2.24, 2.45) is 0 Å². The van der Waals surface area contributed by atoms with Crippen molar-refractivity contribution in [3.05, 3.63) is 33.7 Å². The summed E-state index contributed by atoms with van der Waals surface area (Å²) in [7, 11) is 0. The van der Waals surface area contributed by atoms with Crippen molar-refractivity contribution in [1.82, 2.24) is 9.38 Å². The standard InChI is InChI=1S/C11H12N2O2S2.C3H8/c1-2-9(14)7-16-6-8-5-10(15)13-3-4-17-11(13)12-8;1-3-2/h3-5H,2,6-7H2,1H3;3H2,1-2H3. The summed E-state index contributed by atoms with van der Waals surface area (Å²) >= 11 is 2.94. The van der Waals surface area contributed by atoms with Crippen molar-refractivity contribution in [3.8, 4) is 0 Å². The van der Waals surface area contributed by atoms with E-state index >= 15 is 0 Å². The van der Waals surface area contributed by atoms with Crippen molar-refractivity contribution in [1.29, 1.82) is 0 Å². The van der Waals surface area contributed by atoms with Crippen LogP contribution in [0.15, 0.2) is 22.4 Å². The van der Waals surface area contributed by atoms with Crippen LogP contribution in [-0.4, -0.2) is 20.9 Å². The number of Topliss-reactive ketones (excluding diaryl/α,β-unsaturated/α-hetero) is 1. The molecule has 6 heteroatoms. The zero-order valence-electron chi connectivity index (χ0n) is 12.1. The molecule has 2 heterocycles. The first-order chi connectivity index (χ1) is 9.62. The van der Waals surface area contributed by atoms with Crippen LogP contribution in [0, 0.1) is 0 Å². The van der Waals surface area contributed by atoms with Crippen LogP contribution >= 0.6 is 23.1 Å². The molecule has 0 radical (unpaired) electrons. The van der Waals surface area contributed by atoms with Crippen LogP contribution in [0.1, 0.15) is 39.3 Å². The first-order valence-electron chi connectivity index (χ1n) is 6.67. The summed E-state index contributed by atoms with van der Waals surface area (Å²) in [5.74, 6) is 1.32. The van der Waals surface area contributed by atoms with Gasteiger partial charge >= 0.3 is 0 Å². The number of ketones is 1. The van der Waals surface area contributed by atoms with E-state index in [1.165, 1.54) is 40.0 Å². The second-order valence-corrected chi connectivity index (χ2v) is 6.09.